The number of hydrogen-bond donors (Lipinski definition) is 2. The molecule has 2 unspecified atom stereocenters. The second-order valence-electron chi connectivity index (χ2n) is 4.68. The van der Waals surface area contributed by atoms with Crippen LogP contribution in [-0.4, -0.2) is 34.7 Å². The lowest BCUT2D eigenvalue weighted by atomic mass is 9.89. The predicted molar refractivity (Wildman–Crippen MR) is 76.8 cm³/mol. The lowest BCUT2D eigenvalue weighted by Gasteiger charge is -2.34. The molecule has 2 N–H and O–H groups in total. The highest BCUT2D eigenvalue weighted by Crippen LogP contribution is 2.31. The van der Waals surface area contributed by atoms with Crippen LogP contribution in [0.4, 0.5) is 0 Å². The van der Waals surface area contributed by atoms with Crippen molar-refractivity contribution in [3.05, 3.63) is 25.3 Å². The first-order chi connectivity index (χ1) is 9.86. The van der Waals surface area contributed by atoms with Crippen LogP contribution < -0.4 is 0 Å². The number of rotatable bonds is 10. The summed E-state index contributed by atoms with van der Waals surface area (Å²) in [5.41, 5.74) is 0. The molecule has 0 radical (unpaired) electrons. The van der Waals surface area contributed by atoms with Crippen molar-refractivity contribution in [1.29, 1.82) is 0 Å². The predicted octanol–water partition coefficient (Wildman–Crippen LogP) is 1.53. The van der Waals surface area contributed by atoms with Crippen LogP contribution >= 0.6 is 0 Å². The standard InChI is InChI=1S/C15H24O6/c1-5-11(10-16)9-12(6-2)15(19,20-13(17)7-3)21-14(18)8-4/h7-8,11-12,16,19H,3-6,9-10H2,1-2H3. The second kappa shape index (κ2) is 9.31. The zero-order chi connectivity index (χ0) is 16.5. The molecule has 2 atom stereocenters. The molecular formula is C15H24O6. The summed E-state index contributed by atoms with van der Waals surface area (Å²) in [7, 11) is 0. The van der Waals surface area contributed by atoms with Crippen molar-refractivity contribution in [3.8, 4) is 0 Å². The topological polar surface area (TPSA) is 93.1 Å². The number of carbonyl (C=O) groups excluding carboxylic acids is 2. The van der Waals surface area contributed by atoms with Crippen LogP contribution in [-0.2, 0) is 19.1 Å². The fraction of sp³-hybridized carbons (Fsp3) is 0.600. The minimum absolute atomic E-state index is 0.0755. The average molecular weight is 300 g/mol. The maximum atomic E-state index is 11.4. The molecular weight excluding hydrogens is 276 g/mol. The molecule has 0 bridgehead atoms. The van der Waals surface area contributed by atoms with Crippen molar-refractivity contribution >= 4 is 11.9 Å². The molecule has 0 saturated carbocycles. The Morgan fingerprint density at radius 1 is 1.14 bits per heavy atom. The summed E-state index contributed by atoms with van der Waals surface area (Å²) in [6.07, 6.45) is 3.11. The molecule has 0 aliphatic heterocycles. The maximum Gasteiger partial charge on any atom is 0.376 e. The molecule has 120 valence electrons. The average Bonchev–Trinajstić information content (AvgIpc) is 2.47. The van der Waals surface area contributed by atoms with Gasteiger partial charge in [-0.2, -0.15) is 0 Å². The molecule has 0 aliphatic carbocycles. The largest absolute Gasteiger partial charge is 0.396 e. The van der Waals surface area contributed by atoms with Gasteiger partial charge in [-0.1, -0.05) is 33.4 Å². The third-order valence-electron chi connectivity index (χ3n) is 3.29. The third-order valence-corrected chi connectivity index (χ3v) is 3.29. The summed E-state index contributed by atoms with van der Waals surface area (Å²) in [6.45, 7) is 10.0. The highest BCUT2D eigenvalue weighted by molar-refractivity contribution is 5.83. The lowest BCUT2D eigenvalue weighted by Crippen LogP contribution is -2.47. The van der Waals surface area contributed by atoms with E-state index >= 15 is 0 Å². The van der Waals surface area contributed by atoms with E-state index in [1.165, 1.54) is 0 Å². The highest BCUT2D eigenvalue weighted by Gasteiger charge is 2.44. The van der Waals surface area contributed by atoms with Gasteiger partial charge < -0.3 is 19.7 Å². The minimum Gasteiger partial charge on any atom is -0.396 e. The fourth-order valence-corrected chi connectivity index (χ4v) is 1.91. The van der Waals surface area contributed by atoms with Crippen molar-refractivity contribution in [2.75, 3.05) is 6.61 Å². The number of aliphatic hydroxyl groups is 2. The Kier molecular flexibility index (Phi) is 8.57. The van der Waals surface area contributed by atoms with Gasteiger partial charge in [-0.3, -0.25) is 0 Å². The van der Waals surface area contributed by atoms with Gasteiger partial charge in [-0.25, -0.2) is 9.59 Å². The van der Waals surface area contributed by atoms with Crippen LogP contribution in [0.25, 0.3) is 0 Å². The van der Waals surface area contributed by atoms with Crippen LogP contribution in [0.2, 0.25) is 0 Å². The zero-order valence-corrected chi connectivity index (χ0v) is 12.6. The molecule has 0 aromatic rings. The van der Waals surface area contributed by atoms with Gasteiger partial charge in [0.1, 0.15) is 0 Å². The Labute approximate surface area is 125 Å². The number of hydrogen-bond acceptors (Lipinski definition) is 6. The number of aliphatic hydroxyl groups excluding tert-OH is 1. The zero-order valence-electron chi connectivity index (χ0n) is 12.6. The number of carbonyl (C=O) groups is 2. The van der Waals surface area contributed by atoms with Gasteiger partial charge in [0.2, 0.25) is 0 Å². The maximum absolute atomic E-state index is 11.4. The quantitative estimate of drug-likeness (QED) is 0.361. The van der Waals surface area contributed by atoms with Crippen LogP contribution in [0.15, 0.2) is 25.3 Å². The summed E-state index contributed by atoms with van der Waals surface area (Å²) < 4.78 is 9.66. The van der Waals surface area contributed by atoms with Crippen LogP contribution in [0, 0.1) is 11.8 Å². The molecule has 21 heavy (non-hydrogen) atoms. The number of ether oxygens (including phenoxy) is 2. The number of esters is 2. The second-order valence-corrected chi connectivity index (χ2v) is 4.68. The summed E-state index contributed by atoms with van der Waals surface area (Å²) in [5.74, 6) is -5.02. The molecule has 0 aliphatic rings. The van der Waals surface area contributed by atoms with Crippen molar-refractivity contribution in [3.63, 3.8) is 0 Å². The monoisotopic (exact) mass is 300 g/mol. The van der Waals surface area contributed by atoms with Gasteiger partial charge in [-0.05, 0) is 18.8 Å². The van der Waals surface area contributed by atoms with E-state index in [4.69, 9.17) is 9.47 Å². The molecule has 0 rings (SSSR count). The van der Waals surface area contributed by atoms with E-state index in [1.54, 1.807) is 6.92 Å². The summed E-state index contributed by atoms with van der Waals surface area (Å²) in [5, 5.41) is 19.7. The highest BCUT2D eigenvalue weighted by atomic mass is 16.8. The lowest BCUT2D eigenvalue weighted by molar-refractivity contribution is -0.349. The molecule has 6 nitrogen and oxygen atoms in total. The first-order valence-electron chi connectivity index (χ1n) is 6.90. The molecule has 6 heteroatoms. The van der Waals surface area contributed by atoms with Gasteiger partial charge in [0, 0.05) is 18.8 Å². The van der Waals surface area contributed by atoms with Crippen molar-refractivity contribution in [2.24, 2.45) is 11.8 Å². The van der Waals surface area contributed by atoms with Crippen molar-refractivity contribution in [1.82, 2.24) is 0 Å². The van der Waals surface area contributed by atoms with Crippen LogP contribution in [0.3, 0.4) is 0 Å². The van der Waals surface area contributed by atoms with Crippen LogP contribution in [0.5, 0.6) is 0 Å². The van der Waals surface area contributed by atoms with E-state index in [-0.39, 0.29) is 12.5 Å². The van der Waals surface area contributed by atoms with Crippen LogP contribution in [0.1, 0.15) is 33.1 Å². The molecule has 0 amide bonds. The van der Waals surface area contributed by atoms with Crippen molar-refractivity contribution in [2.45, 2.75) is 39.1 Å². The fourth-order valence-electron chi connectivity index (χ4n) is 1.91. The van der Waals surface area contributed by atoms with Gasteiger partial charge in [0.25, 0.3) is 0 Å². The molecule has 0 aromatic heterocycles. The Morgan fingerprint density at radius 2 is 1.62 bits per heavy atom. The summed E-state index contributed by atoms with van der Waals surface area (Å²) in [4.78, 5) is 22.8. The van der Waals surface area contributed by atoms with E-state index in [0.29, 0.717) is 19.3 Å². The van der Waals surface area contributed by atoms with Gasteiger partial charge in [0.05, 0.1) is 5.92 Å². The molecule has 0 spiro atoms. The van der Waals surface area contributed by atoms with Crippen molar-refractivity contribution < 1.29 is 29.3 Å². The Balaban J connectivity index is 5.28. The van der Waals surface area contributed by atoms with Gasteiger partial charge >= 0.3 is 17.9 Å². The van der Waals surface area contributed by atoms with E-state index in [0.717, 1.165) is 12.2 Å². The Hall–Kier alpha value is -1.66. The third kappa shape index (κ3) is 6.10. The Bertz CT molecular complexity index is 350. The SMILES string of the molecule is C=CC(=O)OC(O)(OC(=O)C=C)C(CC)CC(CC)CO. The smallest absolute Gasteiger partial charge is 0.376 e. The summed E-state index contributed by atoms with van der Waals surface area (Å²) in [6, 6.07) is 0. The van der Waals surface area contributed by atoms with Gasteiger partial charge in [-0.15, -0.1) is 0 Å². The first-order valence-corrected chi connectivity index (χ1v) is 6.90. The normalized spacial score (nSPS) is 13.9. The van der Waals surface area contributed by atoms with E-state index in [1.807, 2.05) is 6.92 Å². The minimum atomic E-state index is -2.41. The molecule has 0 heterocycles. The van der Waals surface area contributed by atoms with E-state index in [9.17, 15) is 19.8 Å². The molecule has 0 saturated heterocycles. The molecule has 0 aromatic carbocycles. The van der Waals surface area contributed by atoms with E-state index < -0.39 is 23.8 Å². The van der Waals surface area contributed by atoms with E-state index in [2.05, 4.69) is 13.2 Å². The van der Waals surface area contributed by atoms with Gasteiger partial charge in [0.15, 0.2) is 0 Å². The molecule has 0 fully saturated rings. The summed E-state index contributed by atoms with van der Waals surface area (Å²) >= 11 is 0. The first kappa shape index (κ1) is 19.3. The Morgan fingerprint density at radius 3 is 1.90 bits per heavy atom.